The van der Waals surface area contributed by atoms with Crippen molar-refractivity contribution in [3.05, 3.63) is 30.5 Å². The third-order valence-electron chi connectivity index (χ3n) is 4.90. The lowest BCUT2D eigenvalue weighted by atomic mass is 10.1. The van der Waals surface area contributed by atoms with Crippen molar-refractivity contribution in [2.24, 2.45) is 0 Å². The molecule has 2 aromatic heterocycles. The van der Waals surface area contributed by atoms with Crippen molar-refractivity contribution in [1.29, 1.82) is 0 Å². The fraction of sp³-hybridized carbons (Fsp3) is 0.368. The van der Waals surface area contributed by atoms with E-state index >= 15 is 0 Å². The standard InChI is InChI=1S/C19H20N6O2S/c26-16(22-18(27)21-11-5-6-11)10-28-19-24-23-17(25(19)12-7-8-12)14-9-20-15-4-2-1-3-13(14)15/h1-4,9,11-12,20H,5-8,10H2,(H2,21,22,26,27). The molecule has 144 valence electrons. The lowest BCUT2D eigenvalue weighted by Crippen LogP contribution is -2.41. The van der Waals surface area contributed by atoms with Crippen LogP contribution in [0.3, 0.4) is 0 Å². The highest BCUT2D eigenvalue weighted by Gasteiger charge is 2.31. The summed E-state index contributed by atoms with van der Waals surface area (Å²) in [7, 11) is 0. The zero-order valence-electron chi connectivity index (χ0n) is 15.1. The number of nitrogens with one attached hydrogen (secondary N) is 3. The Bertz CT molecular complexity index is 1050. The number of urea groups is 1. The molecule has 0 radical (unpaired) electrons. The number of carbonyl (C=O) groups is 2. The van der Waals surface area contributed by atoms with Gasteiger partial charge >= 0.3 is 6.03 Å². The van der Waals surface area contributed by atoms with Crippen LogP contribution in [0.2, 0.25) is 0 Å². The number of para-hydroxylation sites is 1. The van der Waals surface area contributed by atoms with Crippen LogP contribution in [-0.2, 0) is 4.79 Å². The molecule has 0 spiro atoms. The lowest BCUT2D eigenvalue weighted by Gasteiger charge is -2.08. The maximum absolute atomic E-state index is 12.1. The number of amides is 3. The van der Waals surface area contributed by atoms with Gasteiger partial charge in [-0.3, -0.25) is 14.7 Å². The van der Waals surface area contributed by atoms with E-state index in [0.717, 1.165) is 48.0 Å². The number of aromatic amines is 1. The fourth-order valence-electron chi connectivity index (χ4n) is 3.22. The Morgan fingerprint density at radius 1 is 1.18 bits per heavy atom. The van der Waals surface area contributed by atoms with Crippen LogP contribution in [0, 0.1) is 0 Å². The van der Waals surface area contributed by atoms with Gasteiger partial charge in [0.1, 0.15) is 0 Å². The summed E-state index contributed by atoms with van der Waals surface area (Å²) in [4.78, 5) is 27.1. The first kappa shape index (κ1) is 17.3. The molecule has 2 fully saturated rings. The minimum atomic E-state index is -0.420. The van der Waals surface area contributed by atoms with Gasteiger partial charge in [-0.15, -0.1) is 10.2 Å². The van der Waals surface area contributed by atoms with E-state index in [1.54, 1.807) is 0 Å². The minimum Gasteiger partial charge on any atom is -0.360 e. The molecular formula is C19H20N6O2S. The van der Waals surface area contributed by atoms with Crippen molar-refractivity contribution in [3.8, 4) is 11.4 Å². The first-order valence-corrected chi connectivity index (χ1v) is 10.4. The SMILES string of the molecule is O=C(CSc1nnc(-c2c[nH]c3ccccc23)n1C1CC1)NC(=O)NC1CC1. The van der Waals surface area contributed by atoms with E-state index in [1.165, 1.54) is 11.8 Å². The van der Waals surface area contributed by atoms with Gasteiger partial charge in [-0.05, 0) is 31.7 Å². The predicted octanol–water partition coefficient (Wildman–Crippen LogP) is 2.84. The quantitative estimate of drug-likeness (QED) is 0.556. The third kappa shape index (κ3) is 3.49. The Kier molecular flexibility index (Phi) is 4.31. The molecule has 28 heavy (non-hydrogen) atoms. The summed E-state index contributed by atoms with van der Waals surface area (Å²) in [6.07, 6.45) is 6.08. The average Bonchev–Trinajstić information content (AvgIpc) is 3.61. The molecule has 0 aliphatic heterocycles. The number of thioether (sulfide) groups is 1. The van der Waals surface area contributed by atoms with Crippen molar-refractivity contribution >= 4 is 34.6 Å². The van der Waals surface area contributed by atoms with Gasteiger partial charge in [0, 0.05) is 34.7 Å². The number of hydrogen-bond donors (Lipinski definition) is 3. The van der Waals surface area contributed by atoms with E-state index in [1.807, 2.05) is 24.4 Å². The molecular weight excluding hydrogens is 376 g/mol. The van der Waals surface area contributed by atoms with Crippen LogP contribution >= 0.6 is 11.8 Å². The van der Waals surface area contributed by atoms with Crippen LogP contribution in [0.5, 0.6) is 0 Å². The van der Waals surface area contributed by atoms with Gasteiger partial charge in [0.25, 0.3) is 0 Å². The second-order valence-electron chi connectivity index (χ2n) is 7.24. The van der Waals surface area contributed by atoms with Crippen LogP contribution in [0.1, 0.15) is 31.7 Å². The Morgan fingerprint density at radius 2 is 2.00 bits per heavy atom. The first-order chi connectivity index (χ1) is 13.7. The maximum atomic E-state index is 12.1. The smallest absolute Gasteiger partial charge is 0.321 e. The second kappa shape index (κ2) is 6.97. The number of nitrogens with zero attached hydrogens (tertiary/aromatic N) is 3. The Labute approximate surface area is 165 Å². The van der Waals surface area contributed by atoms with Gasteiger partial charge in [0.15, 0.2) is 11.0 Å². The molecule has 2 aliphatic rings. The molecule has 2 saturated carbocycles. The lowest BCUT2D eigenvalue weighted by molar-refractivity contribution is -0.117. The molecule has 0 atom stereocenters. The molecule has 3 N–H and O–H groups in total. The number of hydrogen-bond acceptors (Lipinski definition) is 5. The van der Waals surface area contributed by atoms with Crippen molar-refractivity contribution < 1.29 is 9.59 Å². The van der Waals surface area contributed by atoms with Gasteiger partial charge < -0.3 is 10.3 Å². The molecule has 3 aromatic rings. The second-order valence-corrected chi connectivity index (χ2v) is 8.18. The van der Waals surface area contributed by atoms with Crippen molar-refractivity contribution in [3.63, 3.8) is 0 Å². The van der Waals surface area contributed by atoms with E-state index in [0.29, 0.717) is 11.2 Å². The molecule has 0 bridgehead atoms. The fourth-order valence-corrected chi connectivity index (χ4v) is 4.03. The Hall–Kier alpha value is -2.81. The van der Waals surface area contributed by atoms with Crippen molar-refractivity contribution in [2.75, 3.05) is 5.75 Å². The monoisotopic (exact) mass is 396 g/mol. The van der Waals surface area contributed by atoms with E-state index in [2.05, 4.69) is 36.4 Å². The van der Waals surface area contributed by atoms with E-state index in [-0.39, 0.29) is 17.7 Å². The molecule has 8 nitrogen and oxygen atoms in total. The highest BCUT2D eigenvalue weighted by Crippen LogP contribution is 2.42. The number of benzene rings is 1. The number of fused-ring (bicyclic) bond motifs is 1. The molecule has 2 heterocycles. The summed E-state index contributed by atoms with van der Waals surface area (Å²) >= 11 is 1.31. The van der Waals surface area contributed by atoms with Crippen molar-refractivity contribution in [1.82, 2.24) is 30.4 Å². The first-order valence-electron chi connectivity index (χ1n) is 9.43. The molecule has 1 aromatic carbocycles. The summed E-state index contributed by atoms with van der Waals surface area (Å²) in [6.45, 7) is 0. The van der Waals surface area contributed by atoms with Crippen LogP contribution in [-0.4, -0.2) is 43.5 Å². The number of imide groups is 1. The number of H-pyrrole nitrogens is 1. The Balaban J connectivity index is 1.33. The number of aromatic nitrogens is 4. The molecule has 0 saturated heterocycles. The summed E-state index contributed by atoms with van der Waals surface area (Å²) in [5, 5.41) is 15.7. The molecule has 3 amide bonds. The van der Waals surface area contributed by atoms with Gasteiger partial charge in [-0.2, -0.15) is 0 Å². The molecule has 5 rings (SSSR count). The van der Waals surface area contributed by atoms with E-state index in [9.17, 15) is 9.59 Å². The third-order valence-corrected chi connectivity index (χ3v) is 5.85. The van der Waals surface area contributed by atoms with Gasteiger partial charge in [0.2, 0.25) is 5.91 Å². The number of rotatable bonds is 6. The van der Waals surface area contributed by atoms with Crippen LogP contribution in [0.25, 0.3) is 22.3 Å². The van der Waals surface area contributed by atoms with Gasteiger partial charge in [0.05, 0.1) is 5.75 Å². The molecule has 0 unspecified atom stereocenters. The minimum absolute atomic E-state index is 0.122. The number of carbonyl (C=O) groups excluding carboxylic acids is 2. The summed E-state index contributed by atoms with van der Waals surface area (Å²) < 4.78 is 2.12. The van der Waals surface area contributed by atoms with E-state index < -0.39 is 6.03 Å². The van der Waals surface area contributed by atoms with Crippen molar-refractivity contribution in [2.45, 2.75) is 42.9 Å². The van der Waals surface area contributed by atoms with Crippen LogP contribution in [0.4, 0.5) is 4.79 Å². The molecule has 2 aliphatic carbocycles. The van der Waals surface area contributed by atoms with E-state index in [4.69, 9.17) is 0 Å². The predicted molar refractivity (Wildman–Crippen MR) is 106 cm³/mol. The Morgan fingerprint density at radius 3 is 2.79 bits per heavy atom. The topological polar surface area (TPSA) is 105 Å². The maximum Gasteiger partial charge on any atom is 0.321 e. The summed E-state index contributed by atoms with van der Waals surface area (Å²) in [5.74, 6) is 0.605. The normalized spacial score (nSPS) is 16.3. The zero-order chi connectivity index (χ0) is 19.1. The van der Waals surface area contributed by atoms with Gasteiger partial charge in [-0.25, -0.2) is 4.79 Å². The highest BCUT2D eigenvalue weighted by atomic mass is 32.2. The van der Waals surface area contributed by atoms with Gasteiger partial charge in [-0.1, -0.05) is 30.0 Å². The van der Waals surface area contributed by atoms with Crippen LogP contribution < -0.4 is 10.6 Å². The largest absolute Gasteiger partial charge is 0.360 e. The highest BCUT2D eigenvalue weighted by molar-refractivity contribution is 7.99. The summed E-state index contributed by atoms with van der Waals surface area (Å²) in [5.41, 5.74) is 2.06. The zero-order valence-corrected chi connectivity index (χ0v) is 16.0. The molecule has 9 heteroatoms. The average molecular weight is 396 g/mol. The van der Waals surface area contributed by atoms with Crippen LogP contribution in [0.15, 0.2) is 35.6 Å². The summed E-state index contributed by atoms with van der Waals surface area (Å²) in [6, 6.07) is 8.25.